The second kappa shape index (κ2) is 4.56. The molecule has 0 spiro atoms. The molecule has 0 bridgehead atoms. The molecule has 0 saturated heterocycles. The Hall–Kier alpha value is -1.63. The number of anilines is 1. The van der Waals surface area contributed by atoms with Crippen LogP contribution in [-0.4, -0.2) is 20.3 Å². The van der Waals surface area contributed by atoms with Gasteiger partial charge in [-0.2, -0.15) is 9.38 Å². The van der Waals surface area contributed by atoms with E-state index in [2.05, 4.69) is 10.3 Å². The standard InChI is InChI=1S/C11H14N4O2S/c16-15(17)10-9(12-8-4-2-1-3-5-8)13-11-14(10)6-7-18-11/h6-8,12H,1-5H2. The molecular formula is C11H14N4O2S. The van der Waals surface area contributed by atoms with Gasteiger partial charge in [-0.1, -0.05) is 30.6 Å². The molecule has 1 aliphatic rings. The average Bonchev–Trinajstić information content (AvgIpc) is 2.89. The Balaban J connectivity index is 1.92. The fourth-order valence-corrected chi connectivity index (χ4v) is 3.19. The minimum Gasteiger partial charge on any atom is -0.360 e. The Bertz CT molecular complexity index is 571. The van der Waals surface area contributed by atoms with E-state index in [9.17, 15) is 10.1 Å². The van der Waals surface area contributed by atoms with Crippen molar-refractivity contribution in [2.24, 2.45) is 0 Å². The summed E-state index contributed by atoms with van der Waals surface area (Å²) in [7, 11) is 0. The van der Waals surface area contributed by atoms with Crippen LogP contribution in [0, 0.1) is 10.1 Å². The Morgan fingerprint density at radius 3 is 2.94 bits per heavy atom. The van der Waals surface area contributed by atoms with Crippen molar-refractivity contribution in [2.45, 2.75) is 38.1 Å². The third-order valence-electron chi connectivity index (χ3n) is 3.36. The zero-order valence-electron chi connectivity index (χ0n) is 9.83. The van der Waals surface area contributed by atoms with Gasteiger partial charge in [-0.05, 0) is 17.8 Å². The molecule has 3 rings (SSSR count). The molecule has 1 aliphatic carbocycles. The summed E-state index contributed by atoms with van der Waals surface area (Å²) in [5.41, 5.74) is 0. The van der Waals surface area contributed by atoms with Crippen LogP contribution in [0.2, 0.25) is 0 Å². The molecule has 0 atom stereocenters. The summed E-state index contributed by atoms with van der Waals surface area (Å²) >= 11 is 1.41. The Labute approximate surface area is 108 Å². The number of hydrogen-bond donors (Lipinski definition) is 1. The van der Waals surface area contributed by atoms with Gasteiger partial charge in [0.15, 0.2) is 0 Å². The number of fused-ring (bicyclic) bond motifs is 1. The lowest BCUT2D eigenvalue weighted by Crippen LogP contribution is -2.22. The third kappa shape index (κ3) is 1.94. The van der Waals surface area contributed by atoms with Crippen LogP contribution < -0.4 is 5.32 Å². The zero-order chi connectivity index (χ0) is 12.5. The maximum absolute atomic E-state index is 11.1. The number of aromatic nitrogens is 2. The van der Waals surface area contributed by atoms with Gasteiger partial charge in [-0.25, -0.2) is 0 Å². The molecule has 0 amide bonds. The first-order valence-corrected chi connectivity index (χ1v) is 7.00. The molecule has 6 nitrogen and oxygen atoms in total. The highest BCUT2D eigenvalue weighted by atomic mass is 32.1. The molecule has 18 heavy (non-hydrogen) atoms. The predicted molar refractivity (Wildman–Crippen MR) is 70.2 cm³/mol. The second-order valence-electron chi connectivity index (χ2n) is 4.58. The van der Waals surface area contributed by atoms with Crippen LogP contribution in [0.15, 0.2) is 11.6 Å². The van der Waals surface area contributed by atoms with Gasteiger partial charge < -0.3 is 15.4 Å². The minimum absolute atomic E-state index is 0.0526. The van der Waals surface area contributed by atoms with Crippen molar-refractivity contribution in [3.8, 4) is 0 Å². The predicted octanol–water partition coefficient (Wildman–Crippen LogP) is 3.05. The summed E-state index contributed by atoms with van der Waals surface area (Å²) in [5.74, 6) is 0.468. The van der Waals surface area contributed by atoms with Crippen LogP contribution in [0.1, 0.15) is 32.1 Å². The highest BCUT2D eigenvalue weighted by Crippen LogP contribution is 2.30. The van der Waals surface area contributed by atoms with E-state index >= 15 is 0 Å². The van der Waals surface area contributed by atoms with Crippen molar-refractivity contribution in [1.82, 2.24) is 9.38 Å². The lowest BCUT2D eigenvalue weighted by molar-refractivity contribution is -0.389. The average molecular weight is 266 g/mol. The summed E-state index contributed by atoms with van der Waals surface area (Å²) < 4.78 is 1.54. The number of hydrogen-bond acceptors (Lipinski definition) is 5. The first-order chi connectivity index (χ1) is 8.75. The molecule has 96 valence electrons. The Kier molecular flexibility index (Phi) is 2.91. The van der Waals surface area contributed by atoms with Gasteiger partial charge in [0, 0.05) is 11.4 Å². The molecule has 2 aromatic rings. The first-order valence-electron chi connectivity index (χ1n) is 6.12. The van der Waals surface area contributed by atoms with Crippen LogP contribution in [0.3, 0.4) is 0 Å². The van der Waals surface area contributed by atoms with E-state index in [0.29, 0.717) is 16.8 Å². The smallest absolute Gasteiger partial charge is 0.360 e. The summed E-state index contributed by atoms with van der Waals surface area (Å²) in [4.78, 5) is 15.8. The van der Waals surface area contributed by atoms with E-state index in [1.807, 2.05) is 0 Å². The minimum atomic E-state index is -0.363. The number of nitro groups is 1. The number of nitrogens with zero attached hydrogens (tertiary/aromatic N) is 3. The van der Waals surface area contributed by atoms with Crippen molar-refractivity contribution < 1.29 is 4.92 Å². The van der Waals surface area contributed by atoms with E-state index in [1.165, 1.54) is 35.0 Å². The molecule has 0 aliphatic heterocycles. The van der Waals surface area contributed by atoms with E-state index in [-0.39, 0.29) is 10.7 Å². The summed E-state index contributed by atoms with van der Waals surface area (Å²) in [6.45, 7) is 0. The number of rotatable bonds is 3. The topological polar surface area (TPSA) is 72.5 Å². The lowest BCUT2D eigenvalue weighted by atomic mass is 9.95. The van der Waals surface area contributed by atoms with Gasteiger partial charge in [0.25, 0.3) is 4.96 Å². The highest BCUT2D eigenvalue weighted by molar-refractivity contribution is 7.15. The van der Waals surface area contributed by atoms with Crippen molar-refractivity contribution in [3.05, 3.63) is 21.7 Å². The van der Waals surface area contributed by atoms with Crippen LogP contribution >= 0.6 is 11.3 Å². The van der Waals surface area contributed by atoms with Crippen LogP contribution in [0.5, 0.6) is 0 Å². The van der Waals surface area contributed by atoms with Gasteiger partial charge in [-0.3, -0.25) is 0 Å². The number of nitrogens with one attached hydrogen (secondary N) is 1. The summed E-state index contributed by atoms with van der Waals surface area (Å²) in [5, 5.41) is 16.2. The molecule has 0 unspecified atom stereocenters. The SMILES string of the molecule is O=[N+]([O-])c1c(NC2CCCCC2)nc2sccn12. The Morgan fingerprint density at radius 2 is 2.22 bits per heavy atom. The van der Waals surface area contributed by atoms with Crippen LogP contribution in [0.25, 0.3) is 4.96 Å². The maximum atomic E-state index is 11.1. The molecule has 2 aromatic heterocycles. The molecule has 7 heteroatoms. The van der Waals surface area contributed by atoms with Gasteiger partial charge in [-0.15, -0.1) is 0 Å². The van der Waals surface area contributed by atoms with Gasteiger partial charge in [0.05, 0.1) is 0 Å². The number of thiazole rings is 1. The Morgan fingerprint density at radius 1 is 1.44 bits per heavy atom. The maximum Gasteiger partial charge on any atom is 0.372 e. The summed E-state index contributed by atoms with van der Waals surface area (Å²) in [6.07, 6.45) is 7.47. The first kappa shape index (κ1) is 11.5. The lowest BCUT2D eigenvalue weighted by Gasteiger charge is -2.22. The fraction of sp³-hybridized carbons (Fsp3) is 0.545. The van der Waals surface area contributed by atoms with Crippen LogP contribution in [-0.2, 0) is 0 Å². The van der Waals surface area contributed by atoms with Crippen molar-refractivity contribution in [3.63, 3.8) is 0 Å². The largest absolute Gasteiger partial charge is 0.372 e. The monoisotopic (exact) mass is 266 g/mol. The molecule has 0 aromatic carbocycles. The molecular weight excluding hydrogens is 252 g/mol. The highest BCUT2D eigenvalue weighted by Gasteiger charge is 2.25. The molecule has 1 fully saturated rings. The van der Waals surface area contributed by atoms with Gasteiger partial charge >= 0.3 is 5.82 Å². The summed E-state index contributed by atoms with van der Waals surface area (Å²) in [6, 6.07) is 0.321. The van der Waals surface area contributed by atoms with E-state index in [0.717, 1.165) is 12.8 Å². The van der Waals surface area contributed by atoms with Crippen LogP contribution in [0.4, 0.5) is 11.6 Å². The molecule has 2 heterocycles. The quantitative estimate of drug-likeness (QED) is 0.684. The normalized spacial score (nSPS) is 17.1. The van der Waals surface area contributed by atoms with Gasteiger partial charge in [0.1, 0.15) is 6.20 Å². The van der Waals surface area contributed by atoms with E-state index in [1.54, 1.807) is 11.6 Å². The molecule has 1 N–H and O–H groups in total. The zero-order valence-corrected chi connectivity index (χ0v) is 10.7. The van der Waals surface area contributed by atoms with Crippen molar-refractivity contribution in [2.75, 3.05) is 5.32 Å². The molecule has 1 saturated carbocycles. The van der Waals surface area contributed by atoms with E-state index in [4.69, 9.17) is 0 Å². The number of imidazole rings is 1. The van der Waals surface area contributed by atoms with Crippen molar-refractivity contribution in [1.29, 1.82) is 0 Å². The fourth-order valence-electron chi connectivity index (χ4n) is 2.49. The van der Waals surface area contributed by atoms with E-state index < -0.39 is 0 Å². The van der Waals surface area contributed by atoms with Crippen molar-refractivity contribution >= 4 is 27.9 Å². The second-order valence-corrected chi connectivity index (χ2v) is 5.45. The van der Waals surface area contributed by atoms with Gasteiger partial charge in [0.2, 0.25) is 5.82 Å². The third-order valence-corrected chi connectivity index (χ3v) is 4.11. The molecule has 0 radical (unpaired) electrons.